The molecule has 1 N–H and O–H groups in total. The van der Waals surface area contributed by atoms with Crippen molar-refractivity contribution in [3.63, 3.8) is 0 Å². The third-order valence-corrected chi connectivity index (χ3v) is 19.0. The van der Waals surface area contributed by atoms with Crippen LogP contribution in [-0.2, 0) is 32.7 Å². The Hall–Kier alpha value is -3.59. The van der Waals surface area contributed by atoms with Crippen LogP contribution in [0.2, 0.25) is 0 Å². The molecule has 566 valence electrons. The average Bonchev–Trinajstić information content (AvgIpc) is 1.23. The molecule has 2 atom stereocenters. The summed E-state index contributed by atoms with van der Waals surface area (Å²) >= 11 is 0. The van der Waals surface area contributed by atoms with Crippen LogP contribution in [-0.4, -0.2) is 74.9 Å². The highest BCUT2D eigenvalue weighted by atomic mass is 31.2. The topological polar surface area (TPSA) is 108 Å². The molecule has 9 nitrogen and oxygen atoms in total. The van der Waals surface area contributed by atoms with E-state index in [0.29, 0.717) is 17.4 Å². The molecule has 98 heavy (non-hydrogen) atoms. The Balaban J connectivity index is 4.00. The SMILES string of the molecule is CC/C=C\C/C=C\C/C=C\C/C=C\C/C=C\C/C=C\C/C=C\C/C=C\C/C=C\C/C=C\CCCCCCCCCCC(=O)OC(COC(=O)CCCCCCCCCCCCCCCCCCCCCCCCCCCCCCCCCCCCC)COP(=O)(O)OCC[N+](C)(C)C. The van der Waals surface area contributed by atoms with Gasteiger partial charge in [0.05, 0.1) is 27.7 Å². The molecule has 0 aromatic rings. The highest BCUT2D eigenvalue weighted by Gasteiger charge is 2.27. The van der Waals surface area contributed by atoms with Crippen molar-refractivity contribution in [1.29, 1.82) is 0 Å². The number of nitrogens with zero attached hydrogens (tertiary/aromatic N) is 1. The molecule has 0 spiro atoms. The summed E-state index contributed by atoms with van der Waals surface area (Å²) in [4.78, 5) is 36.0. The van der Waals surface area contributed by atoms with Crippen LogP contribution >= 0.6 is 7.82 Å². The fourth-order valence-electron chi connectivity index (χ4n) is 11.8. The molecule has 0 saturated carbocycles. The predicted molar refractivity (Wildman–Crippen MR) is 427 cm³/mol. The monoisotopic (exact) mass is 1390 g/mol. The molecule has 0 saturated heterocycles. The van der Waals surface area contributed by atoms with Crippen molar-refractivity contribution in [3.05, 3.63) is 122 Å². The molecule has 0 heterocycles. The van der Waals surface area contributed by atoms with E-state index in [2.05, 4.69) is 135 Å². The number of carbonyl (C=O) groups excluding carboxylic acids is 2. The normalized spacial score (nSPS) is 13.7. The minimum absolute atomic E-state index is 0.0264. The second-order valence-electron chi connectivity index (χ2n) is 28.8. The Morgan fingerprint density at radius 2 is 0.582 bits per heavy atom. The van der Waals surface area contributed by atoms with E-state index in [1.165, 1.54) is 231 Å². The second-order valence-corrected chi connectivity index (χ2v) is 30.2. The lowest BCUT2D eigenvalue weighted by Crippen LogP contribution is -2.37. The molecule has 0 aliphatic carbocycles. The van der Waals surface area contributed by atoms with Crippen molar-refractivity contribution in [2.75, 3.05) is 47.5 Å². The lowest BCUT2D eigenvalue weighted by molar-refractivity contribution is -0.870. The van der Waals surface area contributed by atoms with E-state index >= 15 is 0 Å². The number of allylic oxidation sites excluding steroid dienone is 20. The molecule has 0 aliphatic heterocycles. The minimum Gasteiger partial charge on any atom is -0.462 e. The summed E-state index contributed by atoms with van der Waals surface area (Å²) in [7, 11) is 1.47. The van der Waals surface area contributed by atoms with Crippen LogP contribution in [0.4, 0.5) is 0 Å². The van der Waals surface area contributed by atoms with E-state index in [9.17, 15) is 19.0 Å². The van der Waals surface area contributed by atoms with Gasteiger partial charge in [0.2, 0.25) is 0 Å². The average molecular weight is 1390 g/mol. The Kier molecular flexibility index (Phi) is 74.7. The third kappa shape index (κ3) is 81.4. The van der Waals surface area contributed by atoms with Gasteiger partial charge in [-0.3, -0.25) is 18.6 Å². The minimum atomic E-state index is -4.40. The third-order valence-electron chi connectivity index (χ3n) is 18.0. The van der Waals surface area contributed by atoms with Crippen LogP contribution in [0.5, 0.6) is 0 Å². The Morgan fingerprint density at radius 3 is 0.867 bits per heavy atom. The van der Waals surface area contributed by atoms with Gasteiger partial charge >= 0.3 is 19.8 Å². The van der Waals surface area contributed by atoms with Crippen molar-refractivity contribution in [1.82, 2.24) is 0 Å². The number of unbranched alkanes of at least 4 members (excludes halogenated alkanes) is 42. The molecule has 0 amide bonds. The number of esters is 2. The van der Waals surface area contributed by atoms with Crippen LogP contribution in [0, 0.1) is 0 Å². The van der Waals surface area contributed by atoms with Gasteiger partial charge in [-0.2, -0.15) is 0 Å². The van der Waals surface area contributed by atoms with Crippen LogP contribution in [0.1, 0.15) is 373 Å². The van der Waals surface area contributed by atoms with Crippen LogP contribution in [0.25, 0.3) is 0 Å². The Bertz CT molecular complexity index is 2070. The first kappa shape index (κ1) is 94.4. The smallest absolute Gasteiger partial charge is 0.462 e. The molecule has 10 heteroatoms. The predicted octanol–water partition coefficient (Wildman–Crippen LogP) is 27.7. The lowest BCUT2D eigenvalue weighted by Gasteiger charge is -2.24. The fraction of sp³-hybridized carbons (Fsp3) is 0.750. The summed E-state index contributed by atoms with van der Waals surface area (Å²) in [5.41, 5.74) is 0. The summed E-state index contributed by atoms with van der Waals surface area (Å²) in [6.45, 7) is 4.35. The van der Waals surface area contributed by atoms with Gasteiger partial charge in [-0.05, 0) is 89.9 Å². The first-order chi connectivity index (χ1) is 48.0. The molecule has 0 aromatic heterocycles. The van der Waals surface area contributed by atoms with Crippen molar-refractivity contribution in [2.45, 2.75) is 380 Å². The zero-order valence-electron chi connectivity index (χ0n) is 64.8. The molecule has 0 radical (unpaired) electrons. The summed E-state index contributed by atoms with van der Waals surface area (Å²) in [5.74, 6) is -0.798. The Morgan fingerprint density at radius 1 is 0.327 bits per heavy atom. The molecular formula is C88H157NO8P+. The molecule has 2 unspecified atom stereocenters. The van der Waals surface area contributed by atoms with Crippen molar-refractivity contribution in [3.8, 4) is 0 Å². The molecule has 0 aliphatic rings. The van der Waals surface area contributed by atoms with Gasteiger partial charge in [-0.1, -0.05) is 392 Å². The Labute approximate surface area is 607 Å². The fourth-order valence-corrected chi connectivity index (χ4v) is 12.5. The lowest BCUT2D eigenvalue weighted by atomic mass is 10.0. The maximum atomic E-state index is 12.9. The summed E-state index contributed by atoms with van der Waals surface area (Å²) in [6, 6.07) is 0. The molecule has 0 fully saturated rings. The van der Waals surface area contributed by atoms with Crippen molar-refractivity contribution < 1.29 is 42.1 Å². The largest absolute Gasteiger partial charge is 0.472 e. The summed E-state index contributed by atoms with van der Waals surface area (Å²) in [5, 5.41) is 0. The maximum absolute atomic E-state index is 12.9. The van der Waals surface area contributed by atoms with E-state index in [4.69, 9.17) is 18.5 Å². The maximum Gasteiger partial charge on any atom is 0.472 e. The number of hydrogen-bond acceptors (Lipinski definition) is 7. The van der Waals surface area contributed by atoms with Crippen LogP contribution in [0.3, 0.4) is 0 Å². The van der Waals surface area contributed by atoms with E-state index in [1.54, 1.807) is 0 Å². The van der Waals surface area contributed by atoms with Gasteiger partial charge in [-0.15, -0.1) is 0 Å². The number of hydrogen-bond donors (Lipinski definition) is 1. The summed E-state index contributed by atoms with van der Waals surface area (Å²) < 4.78 is 34.8. The van der Waals surface area contributed by atoms with Crippen LogP contribution in [0.15, 0.2) is 122 Å². The number of phosphoric acid groups is 1. The van der Waals surface area contributed by atoms with Gasteiger partial charge in [0.15, 0.2) is 6.10 Å². The van der Waals surface area contributed by atoms with Gasteiger partial charge < -0.3 is 18.9 Å². The van der Waals surface area contributed by atoms with E-state index < -0.39 is 26.5 Å². The number of likely N-dealkylation sites (N-methyl/N-ethyl adjacent to an activating group) is 1. The van der Waals surface area contributed by atoms with Gasteiger partial charge in [0, 0.05) is 12.8 Å². The molecule has 0 bridgehead atoms. The molecular weight excluding hydrogens is 1230 g/mol. The number of phosphoric ester groups is 1. The summed E-state index contributed by atoms with van der Waals surface area (Å²) in [6.07, 6.45) is 112. The van der Waals surface area contributed by atoms with Crippen LogP contribution < -0.4 is 0 Å². The molecule has 0 aromatic carbocycles. The van der Waals surface area contributed by atoms with Gasteiger partial charge in [0.25, 0.3) is 0 Å². The molecule has 0 rings (SSSR count). The standard InChI is InChI=1S/C88H156NO8P/c1-6-8-10-12-14-16-18-20-22-24-26-28-30-32-34-36-38-40-42-43-44-45-47-49-51-53-55-57-59-61-63-65-67-69-71-73-75-77-79-81-88(91)97-86(85-96-98(92,93)95-83-82-89(3,4)5)84-94-87(90)80-78-76-74-72-70-68-66-64-62-60-58-56-54-52-50-48-46-41-39-37-35-33-31-29-27-25-23-21-19-17-15-13-11-9-7-2/h8,10,14,16,20,22,26,28,32,34,38,40,43-44,47,49,53,55,59,61,86H,6-7,9,11-13,15,17-19,21,23-25,27,29-31,33,35-37,39,41-42,45-46,48,50-52,54,56-58,60,62-85H2,1-5H3/p+1/b10-8-,16-14-,22-20-,28-26-,34-32-,40-38-,44-43-,49-47-,55-53-,61-59-. The quantitative estimate of drug-likeness (QED) is 0.0211. The zero-order valence-corrected chi connectivity index (χ0v) is 65.6. The van der Waals surface area contributed by atoms with E-state index in [1.807, 2.05) is 21.1 Å². The highest BCUT2D eigenvalue weighted by Crippen LogP contribution is 2.43. The number of carbonyl (C=O) groups is 2. The van der Waals surface area contributed by atoms with Crippen molar-refractivity contribution >= 4 is 19.8 Å². The highest BCUT2D eigenvalue weighted by molar-refractivity contribution is 7.47. The number of ether oxygens (including phenoxy) is 2. The first-order valence-corrected chi connectivity index (χ1v) is 42.8. The first-order valence-electron chi connectivity index (χ1n) is 41.3. The second kappa shape index (κ2) is 77.6. The van der Waals surface area contributed by atoms with E-state index in [0.717, 1.165) is 109 Å². The van der Waals surface area contributed by atoms with Crippen molar-refractivity contribution in [2.24, 2.45) is 0 Å². The van der Waals surface area contributed by atoms with Gasteiger partial charge in [-0.25, -0.2) is 4.57 Å². The van der Waals surface area contributed by atoms with Gasteiger partial charge in [0.1, 0.15) is 19.8 Å². The zero-order chi connectivity index (χ0) is 71.1. The number of rotatable bonds is 76. The van der Waals surface area contributed by atoms with E-state index in [-0.39, 0.29) is 32.0 Å². The number of quaternary nitrogens is 1.